The summed E-state index contributed by atoms with van der Waals surface area (Å²) in [5, 5.41) is 4.06. The van der Waals surface area contributed by atoms with Crippen LogP contribution in [0.4, 0.5) is 5.82 Å². The molecule has 0 fully saturated rings. The summed E-state index contributed by atoms with van der Waals surface area (Å²) in [6.07, 6.45) is 4.07. The van der Waals surface area contributed by atoms with Crippen molar-refractivity contribution < 1.29 is 4.52 Å². The normalized spacial score (nSPS) is 17.3. The maximum absolute atomic E-state index is 5.00. The highest BCUT2D eigenvalue weighted by Gasteiger charge is 2.28. The van der Waals surface area contributed by atoms with Crippen LogP contribution in [0.15, 0.2) is 10.8 Å². The van der Waals surface area contributed by atoms with Gasteiger partial charge in [-0.25, -0.2) is 0 Å². The standard InChI is InChI=1S/C10H16N2O/c1-10(2,3)12-6-4-5-8-7-13-11-9(8)12/h7H,4-6H2,1-3H3. The van der Waals surface area contributed by atoms with Gasteiger partial charge in [-0.2, -0.15) is 0 Å². The van der Waals surface area contributed by atoms with Crippen molar-refractivity contribution in [1.82, 2.24) is 5.16 Å². The molecule has 0 radical (unpaired) electrons. The van der Waals surface area contributed by atoms with Crippen molar-refractivity contribution in [3.05, 3.63) is 11.8 Å². The van der Waals surface area contributed by atoms with Crippen LogP contribution < -0.4 is 4.90 Å². The summed E-state index contributed by atoms with van der Waals surface area (Å²) < 4.78 is 5.00. The Labute approximate surface area is 78.7 Å². The first kappa shape index (κ1) is 8.60. The predicted octanol–water partition coefficient (Wildman–Crippen LogP) is 2.23. The number of aromatic nitrogens is 1. The lowest BCUT2D eigenvalue weighted by molar-refractivity contribution is 0.409. The van der Waals surface area contributed by atoms with Gasteiger partial charge in [0, 0.05) is 17.6 Å². The molecule has 2 heterocycles. The average Bonchev–Trinajstić information content (AvgIpc) is 2.48. The smallest absolute Gasteiger partial charge is 0.175 e. The van der Waals surface area contributed by atoms with Gasteiger partial charge in [0.1, 0.15) is 6.26 Å². The largest absolute Gasteiger partial charge is 0.362 e. The summed E-state index contributed by atoms with van der Waals surface area (Å²) >= 11 is 0. The first-order valence-electron chi connectivity index (χ1n) is 4.80. The second kappa shape index (κ2) is 2.76. The van der Waals surface area contributed by atoms with Crippen LogP contribution in [0.5, 0.6) is 0 Å². The zero-order valence-electron chi connectivity index (χ0n) is 8.50. The minimum atomic E-state index is 0.145. The summed E-state index contributed by atoms with van der Waals surface area (Å²) in [4.78, 5) is 2.31. The van der Waals surface area contributed by atoms with Crippen molar-refractivity contribution in [3.8, 4) is 0 Å². The van der Waals surface area contributed by atoms with Gasteiger partial charge < -0.3 is 9.42 Å². The van der Waals surface area contributed by atoms with E-state index in [1.807, 2.05) is 0 Å². The summed E-state index contributed by atoms with van der Waals surface area (Å²) in [5.41, 5.74) is 1.40. The molecule has 1 aromatic heterocycles. The lowest BCUT2D eigenvalue weighted by atomic mass is 10.00. The lowest BCUT2D eigenvalue weighted by Gasteiger charge is -2.38. The van der Waals surface area contributed by atoms with Crippen LogP contribution in [0.25, 0.3) is 0 Å². The Balaban J connectivity index is 2.35. The van der Waals surface area contributed by atoms with E-state index in [1.165, 1.54) is 12.0 Å². The van der Waals surface area contributed by atoms with Crippen LogP contribution in [0.1, 0.15) is 32.8 Å². The van der Waals surface area contributed by atoms with Crippen molar-refractivity contribution in [3.63, 3.8) is 0 Å². The van der Waals surface area contributed by atoms with E-state index in [2.05, 4.69) is 30.8 Å². The molecule has 3 heteroatoms. The van der Waals surface area contributed by atoms with Gasteiger partial charge in [-0.15, -0.1) is 0 Å². The molecule has 2 rings (SSSR count). The van der Waals surface area contributed by atoms with Crippen molar-refractivity contribution in [2.75, 3.05) is 11.4 Å². The number of rotatable bonds is 0. The van der Waals surface area contributed by atoms with Gasteiger partial charge in [-0.3, -0.25) is 0 Å². The summed E-state index contributed by atoms with van der Waals surface area (Å²) in [5.74, 6) is 1.04. The molecule has 1 aromatic rings. The van der Waals surface area contributed by atoms with Crippen LogP contribution in [-0.2, 0) is 6.42 Å². The summed E-state index contributed by atoms with van der Waals surface area (Å²) in [7, 11) is 0. The zero-order chi connectivity index (χ0) is 9.47. The van der Waals surface area contributed by atoms with Gasteiger partial charge in [0.2, 0.25) is 0 Å². The van der Waals surface area contributed by atoms with Crippen molar-refractivity contribution in [1.29, 1.82) is 0 Å². The van der Waals surface area contributed by atoms with E-state index in [1.54, 1.807) is 6.26 Å². The maximum atomic E-state index is 5.00. The fourth-order valence-electron chi connectivity index (χ4n) is 1.83. The number of anilines is 1. The minimum absolute atomic E-state index is 0.145. The van der Waals surface area contributed by atoms with Crippen LogP contribution in [0, 0.1) is 0 Å². The molecule has 0 N–H and O–H groups in total. The van der Waals surface area contributed by atoms with Crippen molar-refractivity contribution in [2.45, 2.75) is 39.2 Å². The van der Waals surface area contributed by atoms with E-state index in [0.717, 1.165) is 18.8 Å². The Morgan fingerprint density at radius 1 is 1.46 bits per heavy atom. The first-order chi connectivity index (χ1) is 6.09. The predicted molar refractivity (Wildman–Crippen MR) is 51.9 cm³/mol. The first-order valence-corrected chi connectivity index (χ1v) is 4.80. The Morgan fingerprint density at radius 2 is 2.23 bits per heavy atom. The number of nitrogens with zero attached hydrogens (tertiary/aromatic N) is 2. The number of hydrogen-bond donors (Lipinski definition) is 0. The number of aryl methyl sites for hydroxylation is 1. The molecule has 1 aliphatic rings. The van der Waals surface area contributed by atoms with Gasteiger partial charge in [0.15, 0.2) is 5.82 Å². The second-order valence-electron chi connectivity index (χ2n) is 4.59. The lowest BCUT2D eigenvalue weighted by Crippen LogP contribution is -2.44. The topological polar surface area (TPSA) is 29.3 Å². The van der Waals surface area contributed by atoms with Crippen LogP contribution in [0.2, 0.25) is 0 Å². The fourth-order valence-corrected chi connectivity index (χ4v) is 1.83. The molecule has 72 valence electrons. The molecule has 0 spiro atoms. The van der Waals surface area contributed by atoms with E-state index >= 15 is 0 Å². The quantitative estimate of drug-likeness (QED) is 0.613. The van der Waals surface area contributed by atoms with Crippen LogP contribution in [0.3, 0.4) is 0 Å². The maximum Gasteiger partial charge on any atom is 0.175 e. The molecule has 0 saturated heterocycles. The van der Waals surface area contributed by atoms with Crippen molar-refractivity contribution >= 4 is 5.82 Å². The SMILES string of the molecule is CC(C)(C)N1CCCc2conc21. The van der Waals surface area contributed by atoms with Gasteiger partial charge in [-0.05, 0) is 33.6 Å². The third kappa shape index (κ3) is 1.43. The molecule has 0 aromatic carbocycles. The minimum Gasteiger partial charge on any atom is -0.362 e. The van der Waals surface area contributed by atoms with E-state index in [0.29, 0.717) is 0 Å². The summed E-state index contributed by atoms with van der Waals surface area (Å²) in [6, 6.07) is 0. The van der Waals surface area contributed by atoms with E-state index in [4.69, 9.17) is 4.52 Å². The molecule has 0 aliphatic carbocycles. The third-order valence-corrected chi connectivity index (χ3v) is 2.51. The Morgan fingerprint density at radius 3 is 2.92 bits per heavy atom. The second-order valence-corrected chi connectivity index (χ2v) is 4.59. The number of fused-ring (bicyclic) bond motifs is 1. The molecule has 1 aliphatic heterocycles. The molecule has 0 bridgehead atoms. The third-order valence-electron chi connectivity index (χ3n) is 2.51. The average molecular weight is 180 g/mol. The molecular formula is C10H16N2O. The number of hydrogen-bond acceptors (Lipinski definition) is 3. The molecule has 0 atom stereocenters. The molecule has 13 heavy (non-hydrogen) atoms. The monoisotopic (exact) mass is 180 g/mol. The fraction of sp³-hybridized carbons (Fsp3) is 0.700. The Hall–Kier alpha value is -0.990. The highest BCUT2D eigenvalue weighted by molar-refractivity contribution is 5.49. The van der Waals surface area contributed by atoms with Crippen LogP contribution >= 0.6 is 0 Å². The Kier molecular flexibility index (Phi) is 1.82. The van der Waals surface area contributed by atoms with Crippen molar-refractivity contribution in [2.24, 2.45) is 0 Å². The van der Waals surface area contributed by atoms with Gasteiger partial charge in [0.25, 0.3) is 0 Å². The summed E-state index contributed by atoms with van der Waals surface area (Å²) in [6.45, 7) is 7.70. The molecule has 0 saturated carbocycles. The van der Waals surface area contributed by atoms with Gasteiger partial charge in [0.05, 0.1) is 0 Å². The highest BCUT2D eigenvalue weighted by Crippen LogP contribution is 2.30. The van der Waals surface area contributed by atoms with Gasteiger partial charge in [-0.1, -0.05) is 5.16 Å². The highest BCUT2D eigenvalue weighted by atomic mass is 16.5. The molecular weight excluding hydrogens is 164 g/mol. The Bertz CT molecular complexity index is 298. The van der Waals surface area contributed by atoms with Crippen LogP contribution in [-0.4, -0.2) is 17.2 Å². The molecule has 0 unspecified atom stereocenters. The zero-order valence-corrected chi connectivity index (χ0v) is 8.50. The van der Waals surface area contributed by atoms with E-state index in [9.17, 15) is 0 Å². The van der Waals surface area contributed by atoms with E-state index in [-0.39, 0.29) is 5.54 Å². The molecule has 3 nitrogen and oxygen atoms in total. The van der Waals surface area contributed by atoms with E-state index < -0.39 is 0 Å². The molecule has 0 amide bonds. The van der Waals surface area contributed by atoms with Gasteiger partial charge >= 0.3 is 0 Å².